The summed E-state index contributed by atoms with van der Waals surface area (Å²) in [5.41, 5.74) is 22.4. The lowest BCUT2D eigenvalue weighted by Crippen LogP contribution is -1.90. The van der Waals surface area contributed by atoms with E-state index in [1.54, 1.807) is 0 Å². The lowest BCUT2D eigenvalue weighted by atomic mass is 9.87. The molecule has 0 fully saturated rings. The Morgan fingerprint density at radius 2 is 0.222 bits per heavy atom. The molecule has 0 amide bonds. The Morgan fingerprint density at radius 1 is 0.0625 bits per heavy atom. The second kappa shape index (κ2) is 34.7. The normalized spacial score (nSPS) is 11.8. The molecule has 30 rings (SSSR count). The van der Waals surface area contributed by atoms with Crippen molar-refractivity contribution >= 4 is 194 Å². The molecule has 0 aliphatic rings. The third kappa shape index (κ3) is 14.3. The van der Waals surface area contributed by atoms with E-state index in [4.69, 9.17) is 0 Å². The molecule has 0 radical (unpaired) electrons. The van der Waals surface area contributed by atoms with Crippen LogP contribution in [0.3, 0.4) is 0 Å². The van der Waals surface area contributed by atoms with Crippen molar-refractivity contribution in [1.29, 1.82) is 0 Å². The van der Waals surface area contributed by atoms with Gasteiger partial charge in [-0.05, 0) is 349 Å². The van der Waals surface area contributed by atoms with E-state index < -0.39 is 0 Å². The highest BCUT2D eigenvalue weighted by molar-refractivity contribution is 6.30. The summed E-state index contributed by atoms with van der Waals surface area (Å²) in [6.07, 6.45) is 0. The van der Waals surface area contributed by atoms with Crippen molar-refractivity contribution in [2.45, 2.75) is 0 Å². The van der Waals surface area contributed by atoms with E-state index in [2.05, 4.69) is 546 Å². The molecule has 0 aliphatic carbocycles. The zero-order valence-electron chi connectivity index (χ0n) is 79.0. The first-order valence-electron chi connectivity index (χ1n) is 50.0. The molecule has 0 saturated heterocycles. The number of hydrogen-bond acceptors (Lipinski definition) is 0. The molecule has 0 heteroatoms. The molecule has 30 aromatic rings. The minimum Gasteiger partial charge on any atom is -0.0616 e. The van der Waals surface area contributed by atoms with Gasteiger partial charge < -0.3 is 0 Å². The first kappa shape index (κ1) is 83.4. The predicted octanol–water partition coefficient (Wildman–Crippen LogP) is 40.8. The third-order valence-electron chi connectivity index (χ3n) is 30.7. The Kier molecular flexibility index (Phi) is 20.1. The van der Waals surface area contributed by atoms with Gasteiger partial charge in [0.25, 0.3) is 0 Å². The van der Waals surface area contributed by atoms with Crippen molar-refractivity contribution in [2.24, 2.45) is 0 Å². The predicted molar refractivity (Wildman–Crippen MR) is 623 cm³/mol. The number of rotatable bonds is 9. The second-order valence-corrected chi connectivity index (χ2v) is 38.6. The van der Waals surface area contributed by atoms with Gasteiger partial charge >= 0.3 is 0 Å². The molecule has 0 atom stereocenters. The average Bonchev–Trinajstić information content (AvgIpc) is 0.750. The first-order valence-corrected chi connectivity index (χ1v) is 50.0. The Labute approximate surface area is 833 Å². The van der Waals surface area contributed by atoms with Gasteiger partial charge in [-0.1, -0.05) is 491 Å². The molecule has 0 bridgehead atoms. The largest absolute Gasteiger partial charge is 0.0616 e. The topological polar surface area (TPSA) is 0 Å². The molecule has 0 spiro atoms. The van der Waals surface area contributed by atoms with Crippen LogP contribution in [-0.2, 0) is 0 Å². The summed E-state index contributed by atoms with van der Waals surface area (Å²) < 4.78 is 0. The summed E-state index contributed by atoms with van der Waals surface area (Å²) in [4.78, 5) is 0. The van der Waals surface area contributed by atoms with Gasteiger partial charge in [0, 0.05) is 0 Å². The maximum atomic E-state index is 2.42. The van der Waals surface area contributed by atoms with Crippen LogP contribution in [0.2, 0.25) is 0 Å². The molecule has 30 aromatic carbocycles. The van der Waals surface area contributed by atoms with Crippen LogP contribution >= 0.6 is 0 Å². The highest BCUT2D eigenvalue weighted by Crippen LogP contribution is 2.50. The van der Waals surface area contributed by atoms with Crippen LogP contribution in [0.1, 0.15) is 0 Å². The summed E-state index contributed by atoms with van der Waals surface area (Å²) in [6.45, 7) is 0. The molecule has 0 nitrogen and oxygen atoms in total. The van der Waals surface area contributed by atoms with E-state index in [9.17, 15) is 0 Å². The number of fused-ring (bicyclic) bond motifs is 27. The van der Waals surface area contributed by atoms with Crippen LogP contribution in [0.4, 0.5) is 0 Å². The molecule has 666 valence electrons. The molecular weight excluding hydrogens is 1730 g/mol. The van der Waals surface area contributed by atoms with Crippen molar-refractivity contribution in [3.63, 3.8) is 0 Å². The van der Waals surface area contributed by atoms with E-state index >= 15 is 0 Å². The minimum absolute atomic E-state index is 1.22. The lowest BCUT2D eigenvalue weighted by Gasteiger charge is -2.17. The van der Waals surface area contributed by atoms with E-state index in [0.717, 1.165) is 0 Å². The van der Waals surface area contributed by atoms with Gasteiger partial charge in [0.1, 0.15) is 0 Å². The fourth-order valence-corrected chi connectivity index (χ4v) is 23.8. The highest BCUT2D eigenvalue weighted by atomic mass is 14.3. The Bertz CT molecular complexity index is 10400. The molecular formula is C144H90. The van der Waals surface area contributed by atoms with Gasteiger partial charge in [-0.2, -0.15) is 0 Å². The van der Waals surface area contributed by atoms with E-state index in [-0.39, 0.29) is 0 Å². The van der Waals surface area contributed by atoms with Crippen LogP contribution in [0.5, 0.6) is 0 Å². The summed E-state index contributed by atoms with van der Waals surface area (Å²) in [7, 11) is 0. The van der Waals surface area contributed by atoms with Crippen LogP contribution in [0.15, 0.2) is 546 Å². The maximum absolute atomic E-state index is 2.42. The number of benzene rings is 30. The van der Waals surface area contributed by atoms with Crippen LogP contribution in [0, 0.1) is 0 Å². The van der Waals surface area contributed by atoms with Crippen molar-refractivity contribution in [3.05, 3.63) is 546 Å². The fraction of sp³-hybridized carbons (Fsp3) is 0. The van der Waals surface area contributed by atoms with Crippen LogP contribution < -0.4 is 0 Å². The van der Waals surface area contributed by atoms with Gasteiger partial charge in [-0.25, -0.2) is 0 Å². The molecule has 0 saturated carbocycles. The van der Waals surface area contributed by atoms with E-state index in [1.807, 2.05) is 0 Å². The molecule has 0 heterocycles. The zero-order valence-corrected chi connectivity index (χ0v) is 79.0. The van der Waals surface area contributed by atoms with Gasteiger partial charge in [0.15, 0.2) is 0 Å². The summed E-state index contributed by atoms with van der Waals surface area (Å²) in [6, 6.07) is 202. The monoisotopic (exact) mass is 1820 g/mol. The van der Waals surface area contributed by atoms with E-state index in [0.29, 0.717) is 0 Å². The smallest absolute Gasteiger partial charge is 0.00928 e. The van der Waals surface area contributed by atoms with Crippen LogP contribution in [-0.4, -0.2) is 0 Å². The first-order chi connectivity index (χ1) is 71.4. The zero-order chi connectivity index (χ0) is 94.8. The number of hydrogen-bond donors (Lipinski definition) is 0. The molecule has 0 unspecified atom stereocenters. The fourth-order valence-electron chi connectivity index (χ4n) is 23.8. The summed E-state index contributed by atoms with van der Waals surface area (Å²) >= 11 is 0. The van der Waals surface area contributed by atoms with E-state index in [1.165, 1.54) is 294 Å². The van der Waals surface area contributed by atoms with Gasteiger partial charge in [0.2, 0.25) is 0 Å². The summed E-state index contributed by atoms with van der Waals surface area (Å²) in [5.74, 6) is 0. The quantitative estimate of drug-likeness (QED) is 0.126. The highest BCUT2D eigenvalue weighted by Gasteiger charge is 2.22. The van der Waals surface area contributed by atoms with Crippen molar-refractivity contribution in [2.75, 3.05) is 0 Å². The summed E-state index contributed by atoms with van der Waals surface area (Å²) in [5, 5.41) is 46.1. The Balaban J connectivity index is 0.000000105. The Morgan fingerprint density at radius 3 is 0.493 bits per heavy atom. The molecule has 0 aliphatic heterocycles. The SMILES string of the molecule is c1ccc2c(-c3ccc(-c4cccc5ccccc45)c4cc(-c5ccc6c7ccccc7c7ccccc7c6c5)ccc34)cccc2c1.c1ccc2cc(-c3ccc(-c4ccc5ccccc5c4)c4cc(-c5ccc6c7ccccc7c7ccccc7c6c5)ccc34)ccc2c1.c1ccc2cc(-c3ccc(-c4cccc5ccccc45)c4ccc(-c5ccc6c7ccccc7c7ccccc7c6c5)cc34)ccc2c1. The van der Waals surface area contributed by atoms with Crippen LogP contribution in [0.25, 0.3) is 294 Å². The molecule has 144 heavy (non-hydrogen) atoms. The van der Waals surface area contributed by atoms with Crippen molar-refractivity contribution in [3.8, 4) is 100 Å². The average molecular weight is 1820 g/mol. The molecule has 0 N–H and O–H groups in total. The minimum atomic E-state index is 1.22. The standard InChI is InChI=1S/3C48H30/c1-3-15-35-31(11-1)13-9-21-37(35)43-27-28-46(38-22-10-14-32-12-2-4-16-36(32)38)48-30-34(24-26-45(43)48)33-23-25-44-41-19-6-5-17-39(41)40-18-7-8-20-42(40)47(44)29-33;1-3-11-33-27-37(19-17-31(33)9-1)39-25-26-40(38-20-18-32-10-2-4-12-34(32)28-38)47-29-35(21-23-45(39)47)36-22-24-46-43-15-6-5-13-41(43)42-14-7-8-16-44(42)48(46)30-36;1-2-12-33-28-36(21-20-31(33)10-1)38-26-27-44(39-19-9-13-32-11-3-4-14-37(32)39)46-25-23-34(29-47(38)46)35-22-24-45-42-17-6-5-15-40(42)41-16-7-8-18-43(41)48(45)30-35/h3*1-30H. The third-order valence-corrected chi connectivity index (χ3v) is 30.7. The van der Waals surface area contributed by atoms with Crippen molar-refractivity contribution < 1.29 is 0 Å². The van der Waals surface area contributed by atoms with Gasteiger partial charge in [-0.15, -0.1) is 0 Å². The van der Waals surface area contributed by atoms with Gasteiger partial charge in [-0.3, -0.25) is 0 Å². The molecule has 0 aromatic heterocycles. The van der Waals surface area contributed by atoms with Crippen molar-refractivity contribution in [1.82, 2.24) is 0 Å². The van der Waals surface area contributed by atoms with Gasteiger partial charge in [0.05, 0.1) is 0 Å². The lowest BCUT2D eigenvalue weighted by molar-refractivity contribution is 1.64. The second-order valence-electron chi connectivity index (χ2n) is 38.6. The Hall–Kier alpha value is -18.7. The maximum Gasteiger partial charge on any atom is -0.00928 e.